The number of nitrogens with zero attached hydrogens (tertiary/aromatic N) is 5. The van der Waals surface area contributed by atoms with Crippen LogP contribution >= 0.6 is 0 Å². The van der Waals surface area contributed by atoms with Crippen molar-refractivity contribution in [2.45, 2.75) is 37.7 Å². The number of hydrogen-bond acceptors (Lipinski definition) is 6. The standard InChI is InChI=1S/C20H23N5O3S/c1-4-16-12-24(11-13(2)29(16,27)28)20(26)19-14(3)25(23-22-19)18-7-5-6-15-10-21-9-8-17(15)18/h5-10,13,16H,4,11-12H2,1-3H3. The van der Waals surface area contributed by atoms with Crippen molar-refractivity contribution in [1.29, 1.82) is 0 Å². The van der Waals surface area contributed by atoms with Crippen molar-refractivity contribution >= 4 is 26.5 Å². The van der Waals surface area contributed by atoms with E-state index >= 15 is 0 Å². The molecule has 1 aliphatic heterocycles. The van der Waals surface area contributed by atoms with Crippen molar-refractivity contribution in [3.8, 4) is 5.69 Å². The highest BCUT2D eigenvalue weighted by molar-refractivity contribution is 7.92. The molecule has 1 aliphatic rings. The third kappa shape index (κ3) is 3.19. The van der Waals surface area contributed by atoms with E-state index in [1.807, 2.05) is 31.2 Å². The molecule has 0 bridgehead atoms. The van der Waals surface area contributed by atoms with E-state index in [-0.39, 0.29) is 24.7 Å². The largest absolute Gasteiger partial charge is 0.335 e. The minimum atomic E-state index is -3.21. The topological polar surface area (TPSA) is 98.1 Å². The van der Waals surface area contributed by atoms with Gasteiger partial charge >= 0.3 is 0 Å². The van der Waals surface area contributed by atoms with Crippen LogP contribution in [0, 0.1) is 6.92 Å². The lowest BCUT2D eigenvalue weighted by atomic mass is 10.1. The van der Waals surface area contributed by atoms with E-state index < -0.39 is 20.3 Å². The number of benzene rings is 1. The Balaban J connectivity index is 1.69. The summed E-state index contributed by atoms with van der Waals surface area (Å²) in [7, 11) is -3.21. The molecule has 2 unspecified atom stereocenters. The third-order valence-corrected chi connectivity index (χ3v) is 8.33. The van der Waals surface area contributed by atoms with Gasteiger partial charge in [-0.05, 0) is 32.4 Å². The van der Waals surface area contributed by atoms with Crippen LogP contribution in [0.25, 0.3) is 16.5 Å². The van der Waals surface area contributed by atoms with Gasteiger partial charge in [0.2, 0.25) is 0 Å². The number of hydrogen-bond donors (Lipinski definition) is 0. The minimum absolute atomic E-state index is 0.171. The summed E-state index contributed by atoms with van der Waals surface area (Å²) in [6.07, 6.45) is 3.97. The molecule has 0 saturated carbocycles. The fourth-order valence-corrected chi connectivity index (χ4v) is 5.79. The van der Waals surface area contributed by atoms with Crippen LogP contribution in [0.15, 0.2) is 36.7 Å². The number of sulfone groups is 1. The highest BCUT2D eigenvalue weighted by Crippen LogP contribution is 2.25. The molecule has 1 aromatic carbocycles. The summed E-state index contributed by atoms with van der Waals surface area (Å²) in [5.74, 6) is -0.282. The van der Waals surface area contributed by atoms with Gasteiger partial charge in [0.15, 0.2) is 15.5 Å². The normalized spacial score (nSPS) is 21.4. The first kappa shape index (κ1) is 19.5. The number of pyridine rings is 1. The minimum Gasteiger partial charge on any atom is -0.335 e. The molecule has 2 aromatic heterocycles. The number of fused-ring (bicyclic) bond motifs is 1. The van der Waals surface area contributed by atoms with Gasteiger partial charge in [0.05, 0.1) is 21.9 Å². The van der Waals surface area contributed by atoms with Gasteiger partial charge in [-0.2, -0.15) is 0 Å². The Hall–Kier alpha value is -2.81. The number of carbonyl (C=O) groups is 1. The van der Waals surface area contributed by atoms with Gasteiger partial charge in [0.1, 0.15) is 0 Å². The van der Waals surface area contributed by atoms with Crippen LogP contribution in [0.2, 0.25) is 0 Å². The Morgan fingerprint density at radius 1 is 1.24 bits per heavy atom. The SMILES string of the molecule is CCC1CN(C(=O)c2nnn(-c3cccc4cnccc34)c2C)CC(C)S1(=O)=O. The molecule has 0 aliphatic carbocycles. The van der Waals surface area contributed by atoms with E-state index in [1.165, 1.54) is 0 Å². The molecule has 2 atom stereocenters. The molecule has 0 N–H and O–H groups in total. The third-order valence-electron chi connectivity index (χ3n) is 5.65. The summed E-state index contributed by atoms with van der Waals surface area (Å²) in [6, 6.07) is 7.69. The molecule has 3 aromatic rings. The quantitative estimate of drug-likeness (QED) is 0.653. The van der Waals surface area contributed by atoms with Crippen molar-refractivity contribution in [3.63, 3.8) is 0 Å². The van der Waals surface area contributed by atoms with Crippen LogP contribution in [-0.4, -0.2) is 62.8 Å². The second kappa shape index (κ2) is 7.22. The predicted octanol–water partition coefficient (Wildman–Crippen LogP) is 2.16. The van der Waals surface area contributed by atoms with Crippen molar-refractivity contribution in [2.24, 2.45) is 0 Å². The number of amides is 1. The smallest absolute Gasteiger partial charge is 0.276 e. The molecular formula is C20H23N5O3S. The fourth-order valence-electron chi connectivity index (χ4n) is 3.89. The van der Waals surface area contributed by atoms with Crippen LogP contribution in [0.5, 0.6) is 0 Å². The molecule has 0 radical (unpaired) electrons. The van der Waals surface area contributed by atoms with Gasteiger partial charge in [0.25, 0.3) is 5.91 Å². The highest BCUT2D eigenvalue weighted by atomic mass is 32.2. The van der Waals surface area contributed by atoms with Crippen molar-refractivity contribution in [3.05, 3.63) is 48.0 Å². The highest BCUT2D eigenvalue weighted by Gasteiger charge is 2.40. The van der Waals surface area contributed by atoms with Gasteiger partial charge in [0, 0.05) is 36.3 Å². The van der Waals surface area contributed by atoms with Crippen molar-refractivity contribution in [2.75, 3.05) is 13.1 Å². The first-order valence-corrected chi connectivity index (χ1v) is 11.2. The Morgan fingerprint density at radius 3 is 2.79 bits per heavy atom. The Bertz CT molecular complexity index is 1180. The number of rotatable bonds is 3. The van der Waals surface area contributed by atoms with Crippen LogP contribution in [0.4, 0.5) is 0 Å². The molecule has 0 spiro atoms. The monoisotopic (exact) mass is 413 g/mol. The van der Waals surface area contributed by atoms with Crippen LogP contribution in [0.3, 0.4) is 0 Å². The first-order chi connectivity index (χ1) is 13.8. The summed E-state index contributed by atoms with van der Waals surface area (Å²) in [5, 5.41) is 9.15. The van der Waals surface area contributed by atoms with Gasteiger partial charge in [-0.15, -0.1) is 5.10 Å². The summed E-state index contributed by atoms with van der Waals surface area (Å²) in [5.41, 5.74) is 1.68. The second-order valence-corrected chi connectivity index (χ2v) is 10.1. The van der Waals surface area contributed by atoms with Crippen molar-refractivity contribution < 1.29 is 13.2 Å². The molecule has 9 heteroatoms. The zero-order chi connectivity index (χ0) is 20.8. The number of carbonyl (C=O) groups excluding carboxylic acids is 1. The average Bonchev–Trinajstić information content (AvgIpc) is 3.10. The molecule has 1 fully saturated rings. The molecule has 4 rings (SSSR count). The van der Waals surface area contributed by atoms with Gasteiger partial charge in [-0.1, -0.05) is 24.3 Å². The van der Waals surface area contributed by atoms with E-state index in [9.17, 15) is 13.2 Å². The number of aromatic nitrogens is 4. The molecule has 8 nitrogen and oxygen atoms in total. The molecular weight excluding hydrogens is 390 g/mol. The summed E-state index contributed by atoms with van der Waals surface area (Å²) >= 11 is 0. The van der Waals surface area contributed by atoms with Crippen LogP contribution in [0.1, 0.15) is 36.5 Å². The zero-order valence-corrected chi connectivity index (χ0v) is 17.4. The zero-order valence-electron chi connectivity index (χ0n) is 16.6. The second-order valence-electron chi connectivity index (χ2n) is 7.45. The maximum absolute atomic E-state index is 13.2. The van der Waals surface area contributed by atoms with Gasteiger partial charge < -0.3 is 4.90 Å². The molecule has 1 saturated heterocycles. The fraction of sp³-hybridized carbons (Fsp3) is 0.400. The van der Waals surface area contributed by atoms with Crippen LogP contribution < -0.4 is 0 Å². The van der Waals surface area contributed by atoms with Crippen molar-refractivity contribution in [1.82, 2.24) is 24.9 Å². The molecule has 29 heavy (non-hydrogen) atoms. The Morgan fingerprint density at radius 2 is 2.03 bits per heavy atom. The lowest BCUT2D eigenvalue weighted by Crippen LogP contribution is -2.53. The van der Waals surface area contributed by atoms with E-state index in [0.717, 1.165) is 16.5 Å². The molecule has 1 amide bonds. The summed E-state index contributed by atoms with van der Waals surface area (Å²) in [6.45, 7) is 5.65. The lowest BCUT2D eigenvalue weighted by molar-refractivity contribution is 0.0740. The average molecular weight is 414 g/mol. The molecule has 3 heterocycles. The summed E-state index contributed by atoms with van der Waals surface area (Å²) < 4.78 is 26.6. The molecule has 152 valence electrons. The van der Waals surface area contributed by atoms with Gasteiger partial charge in [-0.3, -0.25) is 9.78 Å². The Labute approximate surface area is 169 Å². The van der Waals surface area contributed by atoms with Crippen LogP contribution in [-0.2, 0) is 9.84 Å². The van der Waals surface area contributed by atoms with E-state index in [4.69, 9.17) is 0 Å². The maximum atomic E-state index is 13.2. The van der Waals surface area contributed by atoms with E-state index in [1.54, 1.807) is 35.8 Å². The van der Waals surface area contributed by atoms with E-state index in [0.29, 0.717) is 12.1 Å². The first-order valence-electron chi connectivity index (χ1n) is 9.62. The predicted molar refractivity (Wildman–Crippen MR) is 110 cm³/mol. The maximum Gasteiger partial charge on any atom is 0.276 e. The lowest BCUT2D eigenvalue weighted by Gasteiger charge is -2.35. The van der Waals surface area contributed by atoms with Gasteiger partial charge in [-0.25, -0.2) is 13.1 Å². The Kier molecular flexibility index (Phi) is 4.85. The van der Waals surface area contributed by atoms with E-state index in [2.05, 4.69) is 15.3 Å². The summed E-state index contributed by atoms with van der Waals surface area (Å²) in [4.78, 5) is 18.9.